The highest BCUT2D eigenvalue weighted by Crippen LogP contribution is 2.19. The lowest BCUT2D eigenvalue weighted by Gasteiger charge is -2.13. The second-order valence-corrected chi connectivity index (χ2v) is 4.87. The molecule has 0 saturated heterocycles. The second-order valence-electron chi connectivity index (χ2n) is 4.46. The predicted octanol–water partition coefficient (Wildman–Crippen LogP) is 3.33. The number of nitrogens with two attached hydrogens (primary N) is 1. The van der Waals surface area contributed by atoms with Crippen molar-refractivity contribution in [3.8, 4) is 0 Å². The van der Waals surface area contributed by atoms with Crippen molar-refractivity contribution in [3.05, 3.63) is 34.3 Å². The number of aryl methyl sites for hydroxylation is 1. The van der Waals surface area contributed by atoms with Gasteiger partial charge in [0.05, 0.1) is 0 Å². The van der Waals surface area contributed by atoms with Crippen LogP contribution in [0.3, 0.4) is 0 Å². The van der Waals surface area contributed by atoms with Gasteiger partial charge in [0, 0.05) is 24.3 Å². The molecule has 1 unspecified atom stereocenters. The molecule has 2 N–H and O–H groups in total. The van der Waals surface area contributed by atoms with Gasteiger partial charge in [0.25, 0.3) is 0 Å². The van der Waals surface area contributed by atoms with Gasteiger partial charge in [-0.2, -0.15) is 0 Å². The quantitative estimate of drug-likeness (QED) is 0.759. The Bertz CT molecular complexity index is 341. The van der Waals surface area contributed by atoms with E-state index in [0.717, 1.165) is 43.1 Å². The van der Waals surface area contributed by atoms with Crippen molar-refractivity contribution in [1.82, 2.24) is 0 Å². The van der Waals surface area contributed by atoms with Gasteiger partial charge >= 0.3 is 0 Å². The highest BCUT2D eigenvalue weighted by Gasteiger charge is 2.07. The zero-order chi connectivity index (χ0) is 12.7. The fourth-order valence-corrected chi connectivity index (χ4v) is 2.00. The van der Waals surface area contributed by atoms with Gasteiger partial charge in [-0.25, -0.2) is 0 Å². The second kappa shape index (κ2) is 7.70. The molecule has 0 spiro atoms. The maximum absolute atomic E-state index is 6.17. The lowest BCUT2D eigenvalue weighted by Crippen LogP contribution is -2.24. The zero-order valence-corrected chi connectivity index (χ0v) is 11.5. The Kier molecular flexibility index (Phi) is 6.56. The fraction of sp³-hybridized carbons (Fsp3) is 0.571. The monoisotopic (exact) mass is 255 g/mol. The highest BCUT2D eigenvalue weighted by molar-refractivity contribution is 6.31. The van der Waals surface area contributed by atoms with E-state index in [1.807, 2.05) is 13.0 Å². The van der Waals surface area contributed by atoms with Gasteiger partial charge in [-0.1, -0.05) is 30.7 Å². The summed E-state index contributed by atoms with van der Waals surface area (Å²) in [6.45, 7) is 5.69. The lowest BCUT2D eigenvalue weighted by molar-refractivity contribution is 0.127. The topological polar surface area (TPSA) is 35.2 Å². The molecule has 1 rings (SSSR count). The van der Waals surface area contributed by atoms with E-state index >= 15 is 0 Å². The van der Waals surface area contributed by atoms with E-state index in [4.69, 9.17) is 22.1 Å². The van der Waals surface area contributed by atoms with Crippen LogP contribution in [0.5, 0.6) is 0 Å². The number of hydrogen-bond donors (Lipinski definition) is 1. The van der Waals surface area contributed by atoms with Gasteiger partial charge in [0.1, 0.15) is 0 Å². The number of ether oxygens (including phenoxy) is 1. The van der Waals surface area contributed by atoms with E-state index in [-0.39, 0.29) is 6.04 Å². The van der Waals surface area contributed by atoms with E-state index in [1.165, 1.54) is 5.56 Å². The molecule has 96 valence electrons. The third-order valence-corrected chi connectivity index (χ3v) is 3.02. The Labute approximate surface area is 109 Å². The molecular formula is C14H22ClNO. The molecule has 1 aromatic rings. The Morgan fingerprint density at radius 3 is 2.76 bits per heavy atom. The maximum Gasteiger partial charge on any atom is 0.0480 e. The molecule has 0 aliphatic heterocycles. The molecule has 17 heavy (non-hydrogen) atoms. The third-order valence-electron chi connectivity index (χ3n) is 2.67. The minimum absolute atomic E-state index is 0.118. The van der Waals surface area contributed by atoms with Crippen LogP contribution in [0.1, 0.15) is 30.9 Å². The zero-order valence-electron chi connectivity index (χ0n) is 10.7. The van der Waals surface area contributed by atoms with Crippen molar-refractivity contribution < 1.29 is 4.74 Å². The van der Waals surface area contributed by atoms with Crippen LogP contribution in [0.4, 0.5) is 0 Å². The Morgan fingerprint density at radius 2 is 2.12 bits per heavy atom. The average molecular weight is 256 g/mol. The summed E-state index contributed by atoms with van der Waals surface area (Å²) < 4.78 is 5.43. The molecule has 0 fully saturated rings. The average Bonchev–Trinajstić information content (AvgIpc) is 2.28. The molecule has 0 saturated carbocycles. The largest absolute Gasteiger partial charge is 0.381 e. The van der Waals surface area contributed by atoms with E-state index in [0.29, 0.717) is 0 Å². The smallest absolute Gasteiger partial charge is 0.0480 e. The van der Waals surface area contributed by atoms with Crippen molar-refractivity contribution in [2.24, 2.45) is 5.73 Å². The summed E-state index contributed by atoms with van der Waals surface area (Å²) in [6, 6.07) is 6.23. The summed E-state index contributed by atoms with van der Waals surface area (Å²) in [5.41, 5.74) is 8.36. The number of halogens is 1. The Balaban J connectivity index is 2.37. The van der Waals surface area contributed by atoms with Crippen molar-refractivity contribution in [3.63, 3.8) is 0 Å². The van der Waals surface area contributed by atoms with Crippen LogP contribution in [-0.2, 0) is 11.2 Å². The van der Waals surface area contributed by atoms with Gasteiger partial charge in [0.2, 0.25) is 0 Å². The van der Waals surface area contributed by atoms with E-state index in [1.54, 1.807) is 0 Å². The summed E-state index contributed by atoms with van der Waals surface area (Å²) >= 11 is 6.17. The van der Waals surface area contributed by atoms with E-state index in [9.17, 15) is 0 Å². The molecule has 2 nitrogen and oxygen atoms in total. The van der Waals surface area contributed by atoms with E-state index in [2.05, 4.69) is 19.1 Å². The maximum atomic E-state index is 6.17. The minimum Gasteiger partial charge on any atom is -0.381 e. The van der Waals surface area contributed by atoms with Crippen molar-refractivity contribution in [1.29, 1.82) is 0 Å². The number of hydrogen-bond acceptors (Lipinski definition) is 2. The molecule has 1 atom stereocenters. The molecular weight excluding hydrogens is 234 g/mol. The SMILES string of the molecule is CCCOCCC(N)Cc1ccc(C)cc1Cl. The first-order chi connectivity index (χ1) is 8.13. The molecule has 0 aliphatic carbocycles. The summed E-state index contributed by atoms with van der Waals surface area (Å²) in [5.74, 6) is 0. The van der Waals surface area contributed by atoms with Crippen LogP contribution in [0.15, 0.2) is 18.2 Å². The minimum atomic E-state index is 0.118. The summed E-state index contributed by atoms with van der Waals surface area (Å²) in [5, 5.41) is 0.815. The molecule has 3 heteroatoms. The van der Waals surface area contributed by atoms with Crippen molar-refractivity contribution in [2.45, 2.75) is 39.2 Å². The summed E-state index contributed by atoms with van der Waals surface area (Å²) in [7, 11) is 0. The van der Waals surface area contributed by atoms with Crippen LogP contribution in [0.2, 0.25) is 5.02 Å². The summed E-state index contributed by atoms with van der Waals surface area (Å²) in [4.78, 5) is 0. The van der Waals surface area contributed by atoms with E-state index < -0.39 is 0 Å². The van der Waals surface area contributed by atoms with Crippen molar-refractivity contribution in [2.75, 3.05) is 13.2 Å². The highest BCUT2D eigenvalue weighted by atomic mass is 35.5. The fourth-order valence-electron chi connectivity index (χ4n) is 1.68. The normalized spacial score (nSPS) is 12.7. The Morgan fingerprint density at radius 1 is 1.35 bits per heavy atom. The first-order valence-electron chi connectivity index (χ1n) is 6.21. The molecule has 1 aromatic carbocycles. The first-order valence-corrected chi connectivity index (χ1v) is 6.59. The number of benzene rings is 1. The van der Waals surface area contributed by atoms with Crippen LogP contribution in [0, 0.1) is 6.92 Å². The molecule has 0 aromatic heterocycles. The molecule has 0 heterocycles. The van der Waals surface area contributed by atoms with Crippen LogP contribution in [-0.4, -0.2) is 19.3 Å². The number of rotatable bonds is 7. The van der Waals surface area contributed by atoms with Gasteiger partial charge < -0.3 is 10.5 Å². The molecule has 0 bridgehead atoms. The summed E-state index contributed by atoms with van der Waals surface area (Å²) in [6.07, 6.45) is 2.75. The molecule has 0 aliphatic rings. The van der Waals surface area contributed by atoms with Crippen LogP contribution < -0.4 is 5.73 Å². The predicted molar refractivity (Wildman–Crippen MR) is 73.6 cm³/mol. The van der Waals surface area contributed by atoms with Crippen LogP contribution in [0.25, 0.3) is 0 Å². The third kappa shape index (κ3) is 5.53. The molecule has 0 amide bonds. The first kappa shape index (κ1) is 14.5. The van der Waals surface area contributed by atoms with Gasteiger partial charge in [-0.3, -0.25) is 0 Å². The van der Waals surface area contributed by atoms with Gasteiger partial charge in [-0.15, -0.1) is 0 Å². The standard InChI is InChI=1S/C14H22ClNO/c1-3-7-17-8-6-13(16)10-12-5-4-11(2)9-14(12)15/h4-5,9,13H,3,6-8,10,16H2,1-2H3. The Hall–Kier alpha value is -0.570. The lowest BCUT2D eigenvalue weighted by atomic mass is 10.0. The van der Waals surface area contributed by atoms with Crippen molar-refractivity contribution >= 4 is 11.6 Å². The van der Waals surface area contributed by atoms with Crippen LogP contribution >= 0.6 is 11.6 Å². The van der Waals surface area contributed by atoms with Gasteiger partial charge in [-0.05, 0) is 43.4 Å². The van der Waals surface area contributed by atoms with Gasteiger partial charge in [0.15, 0.2) is 0 Å². The molecule has 0 radical (unpaired) electrons.